The minimum absolute atomic E-state index is 0.128. The summed E-state index contributed by atoms with van der Waals surface area (Å²) in [6.45, 7) is 10.6. The van der Waals surface area contributed by atoms with E-state index >= 15 is 0 Å². The Balaban J connectivity index is 1.63. The number of halogens is 1. The van der Waals surface area contributed by atoms with Crippen LogP contribution in [0.2, 0.25) is 0 Å². The number of aromatic nitrogens is 3. The van der Waals surface area contributed by atoms with Gasteiger partial charge < -0.3 is 15.2 Å². The number of allylic oxidation sites excluding steroid dienone is 1. The van der Waals surface area contributed by atoms with Crippen molar-refractivity contribution >= 4 is 45.2 Å². The van der Waals surface area contributed by atoms with Crippen LogP contribution in [0.25, 0.3) is 0 Å². The fourth-order valence-electron chi connectivity index (χ4n) is 3.28. The number of thioether (sulfide) groups is 1. The van der Waals surface area contributed by atoms with E-state index in [0.717, 1.165) is 21.3 Å². The number of hydrogen-bond acceptors (Lipinski definition) is 5. The zero-order chi connectivity index (χ0) is 24.7. The van der Waals surface area contributed by atoms with Gasteiger partial charge in [-0.25, -0.2) is 0 Å². The van der Waals surface area contributed by atoms with Crippen molar-refractivity contribution in [1.29, 1.82) is 0 Å². The summed E-state index contributed by atoms with van der Waals surface area (Å²) in [5.41, 5.74) is 3.54. The normalized spacial score (nSPS) is 10.9. The summed E-state index contributed by atoms with van der Waals surface area (Å²) in [5, 5.41) is 14.9. The van der Waals surface area contributed by atoms with Crippen molar-refractivity contribution < 1.29 is 9.59 Å². The molecule has 1 aromatic heterocycles. The highest BCUT2D eigenvalue weighted by Gasteiger charge is 2.16. The van der Waals surface area contributed by atoms with Crippen LogP contribution >= 0.6 is 27.7 Å². The lowest BCUT2D eigenvalue weighted by molar-refractivity contribution is -0.113. The SMILES string of the molecule is C=CCn1c(CNC(=O)c2ccc(C)cc2)nnc1SCC(=O)Nc1ccc(Br)cc1C(C)C. The molecule has 0 unspecified atom stereocenters. The molecule has 0 aliphatic heterocycles. The van der Waals surface area contributed by atoms with Crippen LogP contribution in [0.4, 0.5) is 5.69 Å². The van der Waals surface area contributed by atoms with E-state index in [-0.39, 0.29) is 30.0 Å². The first-order chi connectivity index (χ1) is 16.3. The number of benzene rings is 2. The number of hydrogen-bond donors (Lipinski definition) is 2. The second-order valence-electron chi connectivity index (χ2n) is 8.07. The number of carbonyl (C=O) groups is 2. The first-order valence-electron chi connectivity index (χ1n) is 10.9. The van der Waals surface area contributed by atoms with Crippen LogP contribution in [0.3, 0.4) is 0 Å². The molecule has 7 nitrogen and oxygen atoms in total. The van der Waals surface area contributed by atoms with Gasteiger partial charge in [0.2, 0.25) is 5.91 Å². The first-order valence-corrected chi connectivity index (χ1v) is 12.7. The van der Waals surface area contributed by atoms with E-state index in [1.807, 2.05) is 41.8 Å². The van der Waals surface area contributed by atoms with Gasteiger partial charge in [-0.3, -0.25) is 9.59 Å². The molecule has 0 aliphatic rings. The van der Waals surface area contributed by atoms with E-state index in [4.69, 9.17) is 0 Å². The fraction of sp³-hybridized carbons (Fsp3) is 0.280. The van der Waals surface area contributed by atoms with Gasteiger partial charge in [-0.1, -0.05) is 65.3 Å². The van der Waals surface area contributed by atoms with E-state index < -0.39 is 0 Å². The number of amides is 2. The van der Waals surface area contributed by atoms with Gasteiger partial charge in [0.25, 0.3) is 5.91 Å². The summed E-state index contributed by atoms with van der Waals surface area (Å²) in [6.07, 6.45) is 1.73. The number of rotatable bonds is 10. The van der Waals surface area contributed by atoms with Crippen LogP contribution < -0.4 is 10.6 Å². The lowest BCUT2D eigenvalue weighted by Gasteiger charge is -2.14. The molecule has 1 heterocycles. The Morgan fingerprint density at radius 3 is 2.59 bits per heavy atom. The molecule has 3 aromatic rings. The average molecular weight is 543 g/mol. The average Bonchev–Trinajstić information content (AvgIpc) is 3.19. The third-order valence-electron chi connectivity index (χ3n) is 5.07. The van der Waals surface area contributed by atoms with Crippen LogP contribution in [-0.2, 0) is 17.9 Å². The number of anilines is 1. The molecule has 0 atom stereocenters. The van der Waals surface area contributed by atoms with E-state index in [0.29, 0.717) is 23.1 Å². The minimum atomic E-state index is -0.183. The smallest absolute Gasteiger partial charge is 0.251 e. The van der Waals surface area contributed by atoms with Crippen molar-refractivity contribution in [2.24, 2.45) is 0 Å². The Kier molecular flexibility index (Phi) is 9.06. The molecule has 0 radical (unpaired) electrons. The monoisotopic (exact) mass is 541 g/mol. The van der Waals surface area contributed by atoms with Gasteiger partial charge in [0.1, 0.15) is 0 Å². The molecule has 2 aromatic carbocycles. The van der Waals surface area contributed by atoms with Crippen molar-refractivity contribution in [3.05, 3.63) is 82.1 Å². The van der Waals surface area contributed by atoms with Crippen LogP contribution in [-0.4, -0.2) is 32.3 Å². The summed E-state index contributed by atoms with van der Waals surface area (Å²) in [6, 6.07) is 13.2. The maximum absolute atomic E-state index is 12.6. The predicted molar refractivity (Wildman–Crippen MR) is 140 cm³/mol. The topological polar surface area (TPSA) is 88.9 Å². The summed E-state index contributed by atoms with van der Waals surface area (Å²) in [5.74, 6) is 0.736. The lowest BCUT2D eigenvalue weighted by atomic mass is 10.0. The van der Waals surface area contributed by atoms with Gasteiger partial charge in [0, 0.05) is 22.3 Å². The summed E-state index contributed by atoms with van der Waals surface area (Å²) >= 11 is 4.78. The van der Waals surface area contributed by atoms with E-state index in [1.165, 1.54) is 11.8 Å². The number of nitrogens with zero attached hydrogens (tertiary/aromatic N) is 3. The molecular weight excluding hydrogens is 514 g/mol. The standard InChI is InChI=1S/C25H28BrN5O2S/c1-5-12-31-22(14-27-24(33)18-8-6-17(4)7-9-18)29-30-25(31)34-15-23(32)28-21-11-10-19(26)13-20(21)16(2)3/h5-11,13,16H,1,12,14-15H2,2-4H3,(H,27,33)(H,28,32). The van der Waals surface area contributed by atoms with Gasteiger partial charge in [0.15, 0.2) is 11.0 Å². The third-order valence-corrected chi connectivity index (χ3v) is 6.53. The Labute approximate surface area is 212 Å². The largest absolute Gasteiger partial charge is 0.345 e. The molecule has 9 heteroatoms. The quantitative estimate of drug-likeness (QED) is 0.268. The van der Waals surface area contributed by atoms with E-state index in [2.05, 4.69) is 57.2 Å². The van der Waals surface area contributed by atoms with Gasteiger partial charge in [-0.2, -0.15) is 0 Å². The molecule has 0 saturated heterocycles. The Morgan fingerprint density at radius 1 is 1.18 bits per heavy atom. The summed E-state index contributed by atoms with van der Waals surface area (Å²) in [4.78, 5) is 25.1. The molecule has 0 bridgehead atoms. The molecular formula is C25H28BrN5O2S. The number of nitrogens with one attached hydrogen (secondary N) is 2. The van der Waals surface area contributed by atoms with Crippen molar-refractivity contribution in [3.63, 3.8) is 0 Å². The minimum Gasteiger partial charge on any atom is -0.345 e. The van der Waals surface area contributed by atoms with E-state index in [1.54, 1.807) is 18.2 Å². The maximum atomic E-state index is 12.6. The molecule has 0 aliphatic carbocycles. The highest BCUT2D eigenvalue weighted by Crippen LogP contribution is 2.28. The molecule has 2 N–H and O–H groups in total. The van der Waals surface area contributed by atoms with Gasteiger partial charge >= 0.3 is 0 Å². The molecule has 0 saturated carbocycles. The van der Waals surface area contributed by atoms with Gasteiger partial charge in [-0.15, -0.1) is 16.8 Å². The molecule has 34 heavy (non-hydrogen) atoms. The molecule has 0 fully saturated rings. The zero-order valence-electron chi connectivity index (χ0n) is 19.5. The Morgan fingerprint density at radius 2 is 1.91 bits per heavy atom. The van der Waals surface area contributed by atoms with Crippen molar-refractivity contribution in [1.82, 2.24) is 20.1 Å². The van der Waals surface area contributed by atoms with E-state index in [9.17, 15) is 9.59 Å². The predicted octanol–water partition coefficient (Wildman–Crippen LogP) is 5.32. The number of carbonyl (C=O) groups excluding carboxylic acids is 2. The summed E-state index contributed by atoms with van der Waals surface area (Å²) in [7, 11) is 0. The Bertz CT molecular complexity index is 1170. The number of aryl methyl sites for hydroxylation is 1. The lowest BCUT2D eigenvalue weighted by Crippen LogP contribution is -2.24. The fourth-order valence-corrected chi connectivity index (χ4v) is 4.42. The molecule has 3 rings (SSSR count). The zero-order valence-corrected chi connectivity index (χ0v) is 21.9. The maximum Gasteiger partial charge on any atom is 0.251 e. The first kappa shape index (κ1) is 25.7. The van der Waals surface area contributed by atoms with Crippen LogP contribution in [0.15, 0.2) is 64.7 Å². The Hall–Kier alpha value is -2.91. The van der Waals surface area contributed by atoms with Crippen LogP contribution in [0.5, 0.6) is 0 Å². The highest BCUT2D eigenvalue weighted by atomic mass is 79.9. The third kappa shape index (κ3) is 6.80. The summed E-state index contributed by atoms with van der Waals surface area (Å²) < 4.78 is 2.82. The molecule has 0 spiro atoms. The van der Waals surface area contributed by atoms with Gasteiger partial charge in [-0.05, 0) is 48.7 Å². The van der Waals surface area contributed by atoms with Gasteiger partial charge in [0.05, 0.1) is 12.3 Å². The second kappa shape index (κ2) is 12.0. The van der Waals surface area contributed by atoms with Crippen LogP contribution in [0, 0.1) is 6.92 Å². The van der Waals surface area contributed by atoms with Crippen molar-refractivity contribution in [2.75, 3.05) is 11.1 Å². The second-order valence-corrected chi connectivity index (χ2v) is 9.93. The van der Waals surface area contributed by atoms with Crippen molar-refractivity contribution in [3.8, 4) is 0 Å². The molecule has 2 amide bonds. The highest BCUT2D eigenvalue weighted by molar-refractivity contribution is 9.10. The van der Waals surface area contributed by atoms with Crippen LogP contribution in [0.1, 0.15) is 47.1 Å². The van der Waals surface area contributed by atoms with Crippen molar-refractivity contribution in [2.45, 2.75) is 44.9 Å². The molecule has 178 valence electrons.